The Labute approximate surface area is 93.4 Å². The average molecular weight is 219 g/mol. The van der Waals surface area contributed by atoms with Crippen molar-refractivity contribution in [3.8, 4) is 0 Å². The fraction of sp³-hybridized carbons (Fsp3) is 0.385. The van der Waals surface area contributed by atoms with Crippen LogP contribution in [0.1, 0.15) is 30.9 Å². The molecule has 84 valence electrons. The maximum Gasteiger partial charge on any atom is 0.139 e. The summed E-state index contributed by atoms with van der Waals surface area (Å²) < 4.78 is 19.4. The lowest BCUT2D eigenvalue weighted by Gasteiger charge is -2.24. The number of piperidine rings is 1. The van der Waals surface area contributed by atoms with Gasteiger partial charge in [0.2, 0.25) is 0 Å². The Balaban J connectivity index is 2.05. The van der Waals surface area contributed by atoms with E-state index in [0.29, 0.717) is 11.0 Å². The molecule has 2 aromatic rings. The number of hydrogen-bond donors (Lipinski definition) is 1. The molecule has 1 aliphatic heterocycles. The maximum absolute atomic E-state index is 14.2. The number of fused-ring (bicyclic) bond motifs is 1. The lowest BCUT2D eigenvalue weighted by Crippen LogP contribution is -2.27. The molecule has 1 unspecified atom stereocenters. The van der Waals surface area contributed by atoms with Crippen LogP contribution in [0.25, 0.3) is 11.0 Å². The van der Waals surface area contributed by atoms with E-state index in [2.05, 4.69) is 5.32 Å². The largest absolute Gasteiger partial charge is 0.464 e. The number of furan rings is 1. The zero-order chi connectivity index (χ0) is 11.0. The quantitative estimate of drug-likeness (QED) is 0.795. The molecule has 1 atom stereocenters. The van der Waals surface area contributed by atoms with Crippen LogP contribution in [0.2, 0.25) is 0 Å². The molecule has 2 heterocycles. The highest BCUT2D eigenvalue weighted by Gasteiger charge is 2.19. The molecule has 3 rings (SSSR count). The molecule has 16 heavy (non-hydrogen) atoms. The number of halogens is 1. The van der Waals surface area contributed by atoms with Crippen LogP contribution in [0.4, 0.5) is 4.39 Å². The summed E-state index contributed by atoms with van der Waals surface area (Å²) in [5.41, 5.74) is 1.39. The molecule has 0 bridgehead atoms. The molecule has 0 aliphatic carbocycles. The Hall–Kier alpha value is -1.35. The lowest BCUT2D eigenvalue weighted by atomic mass is 9.96. The van der Waals surface area contributed by atoms with Gasteiger partial charge in [0.15, 0.2) is 0 Å². The molecule has 1 aromatic carbocycles. The second-order valence-corrected chi connectivity index (χ2v) is 4.30. The predicted octanol–water partition coefficient (Wildman–Crippen LogP) is 3.39. The molecule has 1 N–H and O–H groups in total. The summed E-state index contributed by atoms with van der Waals surface area (Å²) in [5.74, 6) is -0.134. The molecule has 0 amide bonds. The zero-order valence-electron chi connectivity index (χ0n) is 9.00. The Morgan fingerprint density at radius 3 is 3.00 bits per heavy atom. The van der Waals surface area contributed by atoms with Crippen molar-refractivity contribution < 1.29 is 8.81 Å². The normalized spacial score (nSPS) is 21.4. The van der Waals surface area contributed by atoms with Crippen LogP contribution in [0.3, 0.4) is 0 Å². The molecule has 0 radical (unpaired) electrons. The molecule has 1 saturated heterocycles. The van der Waals surface area contributed by atoms with Crippen molar-refractivity contribution in [2.75, 3.05) is 6.54 Å². The summed E-state index contributed by atoms with van der Waals surface area (Å²) in [6.07, 6.45) is 4.90. The molecule has 1 aliphatic rings. The Kier molecular flexibility index (Phi) is 2.40. The first-order valence-electron chi connectivity index (χ1n) is 5.75. The van der Waals surface area contributed by atoms with Crippen molar-refractivity contribution in [3.63, 3.8) is 0 Å². The average Bonchev–Trinajstić information content (AvgIpc) is 2.80. The molecular formula is C13H14FNO. The van der Waals surface area contributed by atoms with E-state index in [9.17, 15) is 4.39 Å². The van der Waals surface area contributed by atoms with E-state index < -0.39 is 0 Å². The first-order valence-corrected chi connectivity index (χ1v) is 5.75. The Morgan fingerprint density at radius 2 is 2.19 bits per heavy atom. The van der Waals surface area contributed by atoms with E-state index in [1.807, 2.05) is 12.1 Å². The number of hydrogen-bond acceptors (Lipinski definition) is 2. The standard InChI is InChI=1S/C13H14FNO/c14-13-9(11-3-1-2-7-15-11)4-5-12-10(13)6-8-16-12/h4-6,8,11,15H,1-3,7H2. The van der Waals surface area contributed by atoms with Crippen molar-refractivity contribution in [1.29, 1.82) is 0 Å². The van der Waals surface area contributed by atoms with E-state index in [1.165, 1.54) is 19.1 Å². The van der Waals surface area contributed by atoms with Gasteiger partial charge < -0.3 is 9.73 Å². The molecule has 0 spiro atoms. The van der Waals surface area contributed by atoms with Gasteiger partial charge in [-0.25, -0.2) is 4.39 Å². The van der Waals surface area contributed by atoms with Gasteiger partial charge in [0, 0.05) is 11.6 Å². The van der Waals surface area contributed by atoms with Gasteiger partial charge in [-0.1, -0.05) is 12.5 Å². The van der Waals surface area contributed by atoms with Crippen molar-refractivity contribution in [2.45, 2.75) is 25.3 Å². The fourth-order valence-electron chi connectivity index (χ4n) is 2.41. The highest BCUT2D eigenvalue weighted by molar-refractivity contribution is 5.78. The Bertz CT molecular complexity index is 500. The van der Waals surface area contributed by atoms with E-state index in [1.54, 1.807) is 6.07 Å². The van der Waals surface area contributed by atoms with Crippen LogP contribution >= 0.6 is 0 Å². The van der Waals surface area contributed by atoms with Crippen molar-refractivity contribution in [3.05, 3.63) is 35.8 Å². The van der Waals surface area contributed by atoms with Gasteiger partial charge in [-0.3, -0.25) is 0 Å². The summed E-state index contributed by atoms with van der Waals surface area (Å²) in [6.45, 7) is 0.980. The van der Waals surface area contributed by atoms with Gasteiger partial charge in [0.25, 0.3) is 0 Å². The van der Waals surface area contributed by atoms with Crippen LogP contribution in [-0.2, 0) is 0 Å². The second kappa shape index (κ2) is 3.91. The van der Waals surface area contributed by atoms with E-state index in [-0.39, 0.29) is 11.9 Å². The first-order chi connectivity index (χ1) is 7.86. The minimum absolute atomic E-state index is 0.134. The van der Waals surface area contributed by atoms with Crippen molar-refractivity contribution >= 4 is 11.0 Å². The predicted molar refractivity (Wildman–Crippen MR) is 60.8 cm³/mol. The van der Waals surface area contributed by atoms with Gasteiger partial charge >= 0.3 is 0 Å². The molecule has 2 nitrogen and oxygen atoms in total. The van der Waals surface area contributed by atoms with Crippen LogP contribution in [0, 0.1) is 5.82 Å². The molecular weight excluding hydrogens is 205 g/mol. The van der Waals surface area contributed by atoms with Gasteiger partial charge in [-0.05, 0) is 31.5 Å². The number of rotatable bonds is 1. The van der Waals surface area contributed by atoms with Crippen LogP contribution in [0.15, 0.2) is 28.9 Å². The van der Waals surface area contributed by atoms with Crippen molar-refractivity contribution in [1.82, 2.24) is 5.32 Å². The first kappa shape index (κ1) is 9.85. The molecule has 0 saturated carbocycles. The topological polar surface area (TPSA) is 25.2 Å². The molecule has 3 heteroatoms. The van der Waals surface area contributed by atoms with Crippen LogP contribution < -0.4 is 5.32 Å². The van der Waals surface area contributed by atoms with E-state index in [4.69, 9.17) is 4.42 Å². The van der Waals surface area contributed by atoms with E-state index in [0.717, 1.165) is 18.5 Å². The highest BCUT2D eigenvalue weighted by atomic mass is 19.1. The minimum Gasteiger partial charge on any atom is -0.464 e. The zero-order valence-corrected chi connectivity index (χ0v) is 9.00. The molecule has 1 fully saturated rings. The highest BCUT2D eigenvalue weighted by Crippen LogP contribution is 2.29. The van der Waals surface area contributed by atoms with Gasteiger partial charge in [0.05, 0.1) is 11.6 Å². The summed E-state index contributed by atoms with van der Waals surface area (Å²) >= 11 is 0. The summed E-state index contributed by atoms with van der Waals surface area (Å²) in [6, 6.07) is 5.54. The minimum atomic E-state index is -0.134. The number of benzene rings is 1. The van der Waals surface area contributed by atoms with Gasteiger partial charge in [-0.2, -0.15) is 0 Å². The second-order valence-electron chi connectivity index (χ2n) is 4.30. The number of nitrogens with one attached hydrogen (secondary N) is 1. The van der Waals surface area contributed by atoms with Crippen molar-refractivity contribution in [2.24, 2.45) is 0 Å². The monoisotopic (exact) mass is 219 g/mol. The van der Waals surface area contributed by atoms with Crippen LogP contribution in [-0.4, -0.2) is 6.54 Å². The Morgan fingerprint density at radius 1 is 1.25 bits per heavy atom. The lowest BCUT2D eigenvalue weighted by molar-refractivity contribution is 0.401. The smallest absolute Gasteiger partial charge is 0.139 e. The molecule has 1 aromatic heterocycles. The summed E-state index contributed by atoms with van der Waals surface area (Å²) in [7, 11) is 0. The third-order valence-electron chi connectivity index (χ3n) is 3.29. The van der Waals surface area contributed by atoms with Gasteiger partial charge in [0.1, 0.15) is 11.4 Å². The third kappa shape index (κ3) is 1.52. The summed E-state index contributed by atoms with van der Waals surface area (Å²) in [5, 5.41) is 3.95. The fourth-order valence-corrected chi connectivity index (χ4v) is 2.41. The SMILES string of the molecule is Fc1c(C2CCCCN2)ccc2occc12. The van der Waals surface area contributed by atoms with Gasteiger partial charge in [-0.15, -0.1) is 0 Å². The third-order valence-corrected chi connectivity index (χ3v) is 3.29. The van der Waals surface area contributed by atoms with Crippen LogP contribution in [0.5, 0.6) is 0 Å². The summed E-state index contributed by atoms with van der Waals surface area (Å²) in [4.78, 5) is 0. The van der Waals surface area contributed by atoms with E-state index >= 15 is 0 Å². The maximum atomic E-state index is 14.2.